The van der Waals surface area contributed by atoms with E-state index in [1.807, 2.05) is 9.80 Å². The van der Waals surface area contributed by atoms with E-state index in [9.17, 15) is 9.59 Å². The fourth-order valence-corrected chi connectivity index (χ4v) is 3.46. The number of hydrogen-bond donors (Lipinski definition) is 0. The Morgan fingerprint density at radius 1 is 0.741 bits per heavy atom. The van der Waals surface area contributed by atoms with Crippen LogP contribution in [0.25, 0.3) is 0 Å². The van der Waals surface area contributed by atoms with Crippen LogP contribution >= 0.6 is 0 Å². The molecule has 156 valence electrons. The zero-order chi connectivity index (χ0) is 19.8. The first-order valence-electron chi connectivity index (χ1n) is 10.3. The monoisotopic (exact) mass is 384 g/mol. The summed E-state index contributed by atoms with van der Waals surface area (Å²) >= 11 is 0. The second-order valence-corrected chi connectivity index (χ2v) is 8.25. The molecular formula is C20H36N2O5. The lowest BCUT2D eigenvalue weighted by molar-refractivity contribution is -0.164. The van der Waals surface area contributed by atoms with Crippen LogP contribution in [-0.2, 0) is 23.8 Å². The molecule has 2 heterocycles. The molecule has 0 aromatic carbocycles. The van der Waals surface area contributed by atoms with Gasteiger partial charge in [-0.1, -0.05) is 27.7 Å². The molecule has 0 aromatic rings. The van der Waals surface area contributed by atoms with Crippen molar-refractivity contribution in [3.05, 3.63) is 0 Å². The normalized spacial score (nSPS) is 20.8. The summed E-state index contributed by atoms with van der Waals surface area (Å²) in [5.41, 5.74) is 0. The molecule has 2 aliphatic rings. The Morgan fingerprint density at radius 3 is 1.37 bits per heavy atom. The van der Waals surface area contributed by atoms with Crippen molar-refractivity contribution in [3.8, 4) is 0 Å². The van der Waals surface area contributed by atoms with Crippen molar-refractivity contribution in [2.45, 2.75) is 52.7 Å². The third-order valence-corrected chi connectivity index (χ3v) is 4.90. The van der Waals surface area contributed by atoms with Crippen molar-refractivity contribution in [2.75, 3.05) is 52.6 Å². The van der Waals surface area contributed by atoms with Crippen LogP contribution in [-0.4, -0.2) is 86.4 Å². The molecule has 2 fully saturated rings. The van der Waals surface area contributed by atoms with E-state index in [0.717, 1.165) is 0 Å². The predicted molar refractivity (Wildman–Crippen MR) is 102 cm³/mol. The summed E-state index contributed by atoms with van der Waals surface area (Å²) in [5, 5.41) is 0. The number of rotatable bonds is 8. The maximum atomic E-state index is 13.1. The molecule has 2 atom stereocenters. The van der Waals surface area contributed by atoms with Gasteiger partial charge in [0.15, 0.2) is 0 Å². The summed E-state index contributed by atoms with van der Waals surface area (Å²) < 4.78 is 16.9. The van der Waals surface area contributed by atoms with Crippen molar-refractivity contribution in [1.29, 1.82) is 0 Å². The molecular weight excluding hydrogens is 348 g/mol. The van der Waals surface area contributed by atoms with Gasteiger partial charge in [-0.05, 0) is 24.7 Å². The average Bonchev–Trinajstić information content (AvgIpc) is 2.66. The van der Waals surface area contributed by atoms with Crippen molar-refractivity contribution < 1.29 is 23.8 Å². The van der Waals surface area contributed by atoms with Gasteiger partial charge in [0.25, 0.3) is 11.8 Å². The molecule has 7 heteroatoms. The van der Waals surface area contributed by atoms with Crippen LogP contribution in [0.4, 0.5) is 0 Å². The van der Waals surface area contributed by atoms with Gasteiger partial charge in [0.2, 0.25) is 0 Å². The molecule has 0 N–H and O–H groups in total. The number of morpholine rings is 2. The molecule has 0 aliphatic carbocycles. The number of carbonyl (C=O) groups excluding carboxylic acids is 2. The number of carbonyl (C=O) groups is 2. The highest BCUT2D eigenvalue weighted by Crippen LogP contribution is 2.20. The second kappa shape index (κ2) is 11.0. The molecule has 0 radical (unpaired) electrons. The van der Waals surface area contributed by atoms with Gasteiger partial charge in [-0.25, -0.2) is 0 Å². The molecule has 0 aromatic heterocycles. The highest BCUT2D eigenvalue weighted by Gasteiger charge is 2.34. The smallest absolute Gasteiger partial charge is 0.251 e. The van der Waals surface area contributed by atoms with Gasteiger partial charge in [-0.2, -0.15) is 0 Å². The third-order valence-electron chi connectivity index (χ3n) is 4.90. The fourth-order valence-electron chi connectivity index (χ4n) is 3.46. The van der Waals surface area contributed by atoms with Crippen LogP contribution in [0.15, 0.2) is 0 Å². The zero-order valence-electron chi connectivity index (χ0n) is 17.3. The minimum absolute atomic E-state index is 0.0180. The molecule has 2 unspecified atom stereocenters. The Hall–Kier alpha value is -1.18. The van der Waals surface area contributed by atoms with Gasteiger partial charge in [-0.15, -0.1) is 0 Å². The molecule has 2 aliphatic heterocycles. The van der Waals surface area contributed by atoms with E-state index < -0.39 is 12.2 Å². The third kappa shape index (κ3) is 7.05. The first kappa shape index (κ1) is 22.1. The standard InChI is InChI=1S/C20H36N2O5/c1-15(2)13-17(19(23)21-5-9-25-10-6-21)27-18(14-16(3)4)20(24)22-7-11-26-12-8-22/h15-18H,5-14H2,1-4H3. The van der Waals surface area contributed by atoms with Crippen LogP contribution in [0.2, 0.25) is 0 Å². The van der Waals surface area contributed by atoms with Gasteiger partial charge in [-0.3, -0.25) is 9.59 Å². The lowest BCUT2D eigenvalue weighted by atomic mass is 10.0. The lowest BCUT2D eigenvalue weighted by Gasteiger charge is -2.35. The largest absolute Gasteiger partial charge is 0.378 e. The van der Waals surface area contributed by atoms with Gasteiger partial charge < -0.3 is 24.0 Å². The van der Waals surface area contributed by atoms with Crippen molar-refractivity contribution >= 4 is 11.8 Å². The molecule has 27 heavy (non-hydrogen) atoms. The highest BCUT2D eigenvalue weighted by atomic mass is 16.5. The van der Waals surface area contributed by atoms with Gasteiger partial charge in [0.1, 0.15) is 12.2 Å². The van der Waals surface area contributed by atoms with E-state index in [0.29, 0.717) is 77.3 Å². The first-order valence-corrected chi connectivity index (χ1v) is 10.3. The maximum Gasteiger partial charge on any atom is 0.251 e. The topological polar surface area (TPSA) is 68.3 Å². The molecule has 2 rings (SSSR count). The summed E-state index contributed by atoms with van der Waals surface area (Å²) in [4.78, 5) is 29.7. The van der Waals surface area contributed by atoms with Crippen LogP contribution in [0, 0.1) is 11.8 Å². The Kier molecular flexibility index (Phi) is 8.99. The molecule has 0 bridgehead atoms. The minimum Gasteiger partial charge on any atom is -0.378 e. The quantitative estimate of drug-likeness (QED) is 0.635. The fraction of sp³-hybridized carbons (Fsp3) is 0.900. The Bertz CT molecular complexity index is 429. The summed E-state index contributed by atoms with van der Waals surface area (Å²) in [6.45, 7) is 12.9. The maximum absolute atomic E-state index is 13.1. The lowest BCUT2D eigenvalue weighted by Crippen LogP contribution is -2.51. The van der Waals surface area contributed by atoms with Crippen LogP contribution in [0.1, 0.15) is 40.5 Å². The van der Waals surface area contributed by atoms with E-state index in [1.165, 1.54) is 0 Å². The summed E-state index contributed by atoms with van der Waals surface area (Å²) in [6, 6.07) is 0. The summed E-state index contributed by atoms with van der Waals surface area (Å²) in [6.07, 6.45) is 0.0520. The molecule has 2 amide bonds. The summed E-state index contributed by atoms with van der Waals surface area (Å²) in [5.74, 6) is 0.572. The average molecular weight is 385 g/mol. The van der Waals surface area contributed by atoms with Crippen LogP contribution in [0.3, 0.4) is 0 Å². The highest BCUT2D eigenvalue weighted by molar-refractivity contribution is 5.83. The van der Waals surface area contributed by atoms with Gasteiger partial charge >= 0.3 is 0 Å². The molecule has 7 nitrogen and oxygen atoms in total. The number of hydrogen-bond acceptors (Lipinski definition) is 5. The molecule has 2 saturated heterocycles. The van der Waals surface area contributed by atoms with E-state index in [2.05, 4.69) is 27.7 Å². The number of nitrogens with zero attached hydrogens (tertiary/aromatic N) is 2. The number of ether oxygens (including phenoxy) is 3. The van der Waals surface area contributed by atoms with E-state index in [4.69, 9.17) is 14.2 Å². The number of amides is 2. The minimum atomic E-state index is -0.586. The van der Waals surface area contributed by atoms with E-state index in [1.54, 1.807) is 0 Å². The van der Waals surface area contributed by atoms with E-state index >= 15 is 0 Å². The van der Waals surface area contributed by atoms with Crippen LogP contribution < -0.4 is 0 Å². The van der Waals surface area contributed by atoms with E-state index in [-0.39, 0.29) is 11.8 Å². The van der Waals surface area contributed by atoms with Crippen LogP contribution in [0.5, 0.6) is 0 Å². The van der Waals surface area contributed by atoms with Gasteiger partial charge in [0, 0.05) is 26.2 Å². The Labute approximate surface area is 163 Å². The van der Waals surface area contributed by atoms with Crippen molar-refractivity contribution in [1.82, 2.24) is 9.80 Å². The zero-order valence-corrected chi connectivity index (χ0v) is 17.3. The van der Waals surface area contributed by atoms with Crippen molar-refractivity contribution in [3.63, 3.8) is 0 Å². The second-order valence-electron chi connectivity index (χ2n) is 8.25. The van der Waals surface area contributed by atoms with Gasteiger partial charge in [0.05, 0.1) is 26.4 Å². The first-order chi connectivity index (χ1) is 12.9. The predicted octanol–water partition coefficient (Wildman–Crippen LogP) is 1.55. The Balaban J connectivity index is 2.10. The molecule has 0 saturated carbocycles. The SMILES string of the molecule is CC(C)CC(OC(CC(C)C)C(=O)N1CCOCC1)C(=O)N1CCOCC1. The summed E-state index contributed by atoms with van der Waals surface area (Å²) in [7, 11) is 0. The molecule has 0 spiro atoms. The van der Waals surface area contributed by atoms with Crippen molar-refractivity contribution in [2.24, 2.45) is 11.8 Å². The Morgan fingerprint density at radius 2 is 1.07 bits per heavy atom.